The summed E-state index contributed by atoms with van der Waals surface area (Å²) < 4.78 is 13.6. The molecule has 2 rings (SSSR count). The number of nitrogens with one attached hydrogen (secondary N) is 1. The molecule has 0 aliphatic rings. The lowest BCUT2D eigenvalue weighted by Gasteiger charge is -2.09. The van der Waals surface area contributed by atoms with Crippen molar-refractivity contribution in [1.29, 1.82) is 0 Å². The van der Waals surface area contributed by atoms with Crippen LogP contribution in [0.1, 0.15) is 24.5 Å². The lowest BCUT2D eigenvalue weighted by atomic mass is 10.1. The predicted molar refractivity (Wildman–Crippen MR) is 79.2 cm³/mol. The van der Waals surface area contributed by atoms with Crippen molar-refractivity contribution in [2.45, 2.75) is 26.3 Å². The number of aryl methyl sites for hydroxylation is 1. The van der Waals surface area contributed by atoms with Crippen LogP contribution in [-0.2, 0) is 13.0 Å². The molecule has 0 amide bonds. The Morgan fingerprint density at radius 2 is 1.84 bits per heavy atom. The number of rotatable bonds is 5. The second-order valence-electron chi connectivity index (χ2n) is 4.50. The number of benzene rings is 2. The molecule has 0 aromatic heterocycles. The van der Waals surface area contributed by atoms with Gasteiger partial charge in [-0.05, 0) is 36.2 Å². The Labute approximate surface area is 118 Å². The van der Waals surface area contributed by atoms with Crippen LogP contribution in [0.4, 0.5) is 10.1 Å². The molecule has 0 aliphatic heterocycles. The van der Waals surface area contributed by atoms with Gasteiger partial charge in [-0.25, -0.2) is 4.39 Å². The van der Waals surface area contributed by atoms with Crippen LogP contribution in [0.25, 0.3) is 0 Å². The fourth-order valence-electron chi connectivity index (χ4n) is 1.97. The Morgan fingerprint density at radius 3 is 2.47 bits per heavy atom. The maximum absolute atomic E-state index is 13.6. The molecule has 0 saturated carbocycles. The van der Waals surface area contributed by atoms with E-state index in [2.05, 4.69) is 24.4 Å². The maximum atomic E-state index is 13.6. The molecule has 1 N–H and O–H groups in total. The summed E-state index contributed by atoms with van der Waals surface area (Å²) in [5.74, 6) is -0.275. The van der Waals surface area contributed by atoms with Crippen LogP contribution in [-0.4, -0.2) is 0 Å². The quantitative estimate of drug-likeness (QED) is 0.807. The summed E-state index contributed by atoms with van der Waals surface area (Å²) >= 11 is 5.98. The molecule has 0 fully saturated rings. The summed E-state index contributed by atoms with van der Waals surface area (Å²) in [6.07, 6.45) is 2.22. The Morgan fingerprint density at radius 1 is 1.11 bits per heavy atom. The first-order valence-electron chi connectivity index (χ1n) is 6.46. The lowest BCUT2D eigenvalue weighted by molar-refractivity contribution is 0.613. The van der Waals surface area contributed by atoms with Crippen LogP contribution < -0.4 is 5.32 Å². The fraction of sp³-hybridized carbons (Fsp3) is 0.250. The first-order valence-corrected chi connectivity index (χ1v) is 6.84. The highest BCUT2D eigenvalue weighted by Crippen LogP contribution is 2.20. The van der Waals surface area contributed by atoms with Gasteiger partial charge in [-0.15, -0.1) is 0 Å². The molecule has 2 aromatic carbocycles. The van der Waals surface area contributed by atoms with Gasteiger partial charge in [0.1, 0.15) is 5.82 Å². The zero-order valence-electron chi connectivity index (χ0n) is 10.9. The number of hydrogen-bond acceptors (Lipinski definition) is 1. The maximum Gasteiger partial charge on any atom is 0.129 e. The van der Waals surface area contributed by atoms with Gasteiger partial charge in [0.05, 0.1) is 0 Å². The van der Waals surface area contributed by atoms with Crippen LogP contribution in [0.5, 0.6) is 0 Å². The minimum atomic E-state index is -0.275. The molecule has 0 atom stereocenters. The van der Waals surface area contributed by atoms with Crippen LogP contribution in [0, 0.1) is 5.82 Å². The normalized spacial score (nSPS) is 10.5. The number of halogens is 2. The number of anilines is 1. The average molecular weight is 278 g/mol. The highest BCUT2D eigenvalue weighted by molar-refractivity contribution is 6.31. The summed E-state index contributed by atoms with van der Waals surface area (Å²) in [6.45, 7) is 2.55. The Kier molecular flexibility index (Phi) is 4.80. The zero-order valence-corrected chi connectivity index (χ0v) is 11.7. The van der Waals surface area contributed by atoms with E-state index in [-0.39, 0.29) is 5.82 Å². The van der Waals surface area contributed by atoms with Crippen molar-refractivity contribution in [1.82, 2.24) is 0 Å². The third-order valence-corrected chi connectivity index (χ3v) is 3.38. The van der Waals surface area contributed by atoms with Gasteiger partial charge in [0, 0.05) is 22.8 Å². The second kappa shape index (κ2) is 6.58. The minimum absolute atomic E-state index is 0.275. The zero-order chi connectivity index (χ0) is 13.7. The highest BCUT2D eigenvalue weighted by Gasteiger charge is 2.06. The van der Waals surface area contributed by atoms with Crippen molar-refractivity contribution in [2.75, 3.05) is 5.32 Å². The first-order chi connectivity index (χ1) is 9.20. The fourth-order valence-corrected chi connectivity index (χ4v) is 2.20. The molecule has 0 heterocycles. The van der Waals surface area contributed by atoms with E-state index in [9.17, 15) is 4.39 Å². The molecule has 0 spiro atoms. The molecule has 2 aromatic rings. The van der Waals surface area contributed by atoms with Gasteiger partial charge in [0.25, 0.3) is 0 Å². The van der Waals surface area contributed by atoms with Crippen molar-refractivity contribution in [3.8, 4) is 0 Å². The van der Waals surface area contributed by atoms with Crippen LogP contribution in [0.15, 0.2) is 42.5 Å². The number of hydrogen-bond donors (Lipinski definition) is 1. The van der Waals surface area contributed by atoms with E-state index in [1.807, 2.05) is 12.1 Å². The first kappa shape index (κ1) is 13.9. The summed E-state index contributed by atoms with van der Waals surface area (Å²) in [7, 11) is 0. The van der Waals surface area contributed by atoms with E-state index in [0.717, 1.165) is 18.5 Å². The van der Waals surface area contributed by atoms with Gasteiger partial charge < -0.3 is 5.32 Å². The molecule has 0 unspecified atom stereocenters. The van der Waals surface area contributed by atoms with Gasteiger partial charge in [-0.1, -0.05) is 43.1 Å². The van der Waals surface area contributed by atoms with E-state index >= 15 is 0 Å². The van der Waals surface area contributed by atoms with Crippen molar-refractivity contribution < 1.29 is 4.39 Å². The topological polar surface area (TPSA) is 12.0 Å². The Balaban J connectivity index is 2.02. The molecular formula is C16H17ClFN. The Hall–Kier alpha value is -1.54. The standard InChI is InChI=1S/C16H17ClFN/c1-2-4-12-7-9-13(10-8-12)19-11-14-15(17)5-3-6-16(14)18/h3,5-10,19H,2,4,11H2,1H3. The smallest absolute Gasteiger partial charge is 0.129 e. The van der Waals surface area contributed by atoms with Gasteiger partial charge in [-0.2, -0.15) is 0 Å². The molecule has 0 bridgehead atoms. The van der Waals surface area contributed by atoms with E-state index in [0.29, 0.717) is 17.1 Å². The Bertz CT molecular complexity index is 517. The highest BCUT2D eigenvalue weighted by atomic mass is 35.5. The van der Waals surface area contributed by atoms with E-state index in [1.165, 1.54) is 11.6 Å². The molecule has 0 radical (unpaired) electrons. The summed E-state index contributed by atoms with van der Waals surface area (Å²) in [6, 6.07) is 12.9. The summed E-state index contributed by atoms with van der Waals surface area (Å²) in [5.41, 5.74) is 2.79. The van der Waals surface area contributed by atoms with E-state index in [1.54, 1.807) is 12.1 Å². The SMILES string of the molecule is CCCc1ccc(NCc2c(F)cccc2Cl)cc1. The van der Waals surface area contributed by atoms with E-state index in [4.69, 9.17) is 11.6 Å². The largest absolute Gasteiger partial charge is 0.381 e. The van der Waals surface area contributed by atoms with Crippen LogP contribution in [0.3, 0.4) is 0 Å². The minimum Gasteiger partial charge on any atom is -0.381 e. The molecule has 100 valence electrons. The third-order valence-electron chi connectivity index (χ3n) is 3.02. The molecule has 0 saturated heterocycles. The van der Waals surface area contributed by atoms with Crippen molar-refractivity contribution in [2.24, 2.45) is 0 Å². The summed E-state index contributed by atoms with van der Waals surface area (Å²) in [5, 5.41) is 3.64. The predicted octanol–water partition coefficient (Wildman–Crippen LogP) is 5.04. The summed E-state index contributed by atoms with van der Waals surface area (Å²) in [4.78, 5) is 0. The van der Waals surface area contributed by atoms with Gasteiger partial charge in [0.15, 0.2) is 0 Å². The van der Waals surface area contributed by atoms with Crippen LogP contribution >= 0.6 is 11.6 Å². The van der Waals surface area contributed by atoms with Gasteiger partial charge in [-0.3, -0.25) is 0 Å². The van der Waals surface area contributed by atoms with Crippen LogP contribution in [0.2, 0.25) is 5.02 Å². The van der Waals surface area contributed by atoms with Gasteiger partial charge in [0.2, 0.25) is 0 Å². The van der Waals surface area contributed by atoms with E-state index < -0.39 is 0 Å². The lowest BCUT2D eigenvalue weighted by Crippen LogP contribution is -2.02. The molecule has 3 heteroatoms. The average Bonchev–Trinajstić information content (AvgIpc) is 2.40. The van der Waals surface area contributed by atoms with Crippen molar-refractivity contribution in [3.63, 3.8) is 0 Å². The molecule has 19 heavy (non-hydrogen) atoms. The van der Waals surface area contributed by atoms with Crippen molar-refractivity contribution in [3.05, 3.63) is 64.4 Å². The van der Waals surface area contributed by atoms with Crippen molar-refractivity contribution >= 4 is 17.3 Å². The molecule has 1 nitrogen and oxygen atoms in total. The molecular weight excluding hydrogens is 261 g/mol. The third kappa shape index (κ3) is 3.71. The monoisotopic (exact) mass is 277 g/mol. The van der Waals surface area contributed by atoms with Gasteiger partial charge >= 0.3 is 0 Å². The molecule has 0 aliphatic carbocycles. The second-order valence-corrected chi connectivity index (χ2v) is 4.91.